The predicted octanol–water partition coefficient (Wildman–Crippen LogP) is 4.36. The van der Waals surface area contributed by atoms with Gasteiger partial charge >= 0.3 is 6.18 Å². The third-order valence-electron chi connectivity index (χ3n) is 4.69. The van der Waals surface area contributed by atoms with Gasteiger partial charge in [-0.25, -0.2) is 9.97 Å². The number of hydrogen-bond donors (Lipinski definition) is 1. The standard InChI is InChI=1S/C19H21F3N4O/c1-26(2)17-16(25-18(27)12-6-3-4-7-12)15(23-11-24-17)13-8-5-9-14(10-13)19(20,21)22/h5,8-12H,3-4,6-7H2,1-2H3,(H,25,27). The Morgan fingerprint density at radius 1 is 1.19 bits per heavy atom. The van der Waals surface area contributed by atoms with Gasteiger partial charge in [-0.15, -0.1) is 0 Å². The Morgan fingerprint density at radius 2 is 1.89 bits per heavy atom. The molecule has 1 aromatic heterocycles. The number of alkyl halides is 3. The first-order valence-electron chi connectivity index (χ1n) is 8.78. The van der Waals surface area contributed by atoms with Gasteiger partial charge in [0.25, 0.3) is 0 Å². The molecule has 1 aromatic carbocycles. The van der Waals surface area contributed by atoms with Crippen LogP contribution < -0.4 is 10.2 Å². The van der Waals surface area contributed by atoms with Gasteiger partial charge in [0.05, 0.1) is 11.3 Å². The third kappa shape index (κ3) is 4.20. The molecular formula is C19H21F3N4O. The number of halogens is 3. The van der Waals surface area contributed by atoms with E-state index in [9.17, 15) is 18.0 Å². The van der Waals surface area contributed by atoms with Crippen LogP contribution in [0.25, 0.3) is 11.3 Å². The molecule has 0 spiro atoms. The van der Waals surface area contributed by atoms with Crippen molar-refractivity contribution in [1.82, 2.24) is 9.97 Å². The zero-order chi connectivity index (χ0) is 19.6. The van der Waals surface area contributed by atoms with Crippen LogP contribution in [0.5, 0.6) is 0 Å². The van der Waals surface area contributed by atoms with Crippen molar-refractivity contribution in [2.75, 3.05) is 24.3 Å². The molecule has 2 aromatic rings. The highest BCUT2D eigenvalue weighted by Gasteiger charge is 2.31. The molecule has 1 aliphatic rings. The van der Waals surface area contributed by atoms with E-state index in [0.717, 1.165) is 37.8 Å². The average Bonchev–Trinajstić information content (AvgIpc) is 3.16. The number of carbonyl (C=O) groups is 1. The molecule has 0 aliphatic heterocycles. The van der Waals surface area contributed by atoms with Crippen LogP contribution >= 0.6 is 0 Å². The lowest BCUT2D eigenvalue weighted by atomic mass is 10.0. The largest absolute Gasteiger partial charge is 0.416 e. The minimum absolute atomic E-state index is 0.0884. The van der Waals surface area contributed by atoms with Crippen LogP contribution in [0.1, 0.15) is 31.2 Å². The van der Waals surface area contributed by atoms with Crippen LogP contribution in [-0.2, 0) is 11.0 Å². The quantitative estimate of drug-likeness (QED) is 0.859. The van der Waals surface area contributed by atoms with Crippen molar-refractivity contribution in [3.05, 3.63) is 36.2 Å². The lowest BCUT2D eigenvalue weighted by Crippen LogP contribution is -2.23. The van der Waals surface area contributed by atoms with Crippen molar-refractivity contribution < 1.29 is 18.0 Å². The molecule has 0 radical (unpaired) electrons. The highest BCUT2D eigenvalue weighted by atomic mass is 19.4. The molecule has 1 aliphatic carbocycles. The molecule has 0 unspecified atom stereocenters. The third-order valence-corrected chi connectivity index (χ3v) is 4.69. The highest BCUT2D eigenvalue weighted by molar-refractivity contribution is 5.99. The van der Waals surface area contributed by atoms with Gasteiger partial charge in [0.15, 0.2) is 5.82 Å². The average molecular weight is 378 g/mol. The number of carbonyl (C=O) groups excluding carboxylic acids is 1. The summed E-state index contributed by atoms with van der Waals surface area (Å²) >= 11 is 0. The van der Waals surface area contributed by atoms with Crippen molar-refractivity contribution in [3.8, 4) is 11.3 Å². The number of aromatic nitrogens is 2. The number of hydrogen-bond acceptors (Lipinski definition) is 4. The number of anilines is 2. The monoisotopic (exact) mass is 378 g/mol. The first-order valence-corrected chi connectivity index (χ1v) is 8.78. The normalized spacial score (nSPS) is 15.0. The van der Waals surface area contributed by atoms with Gasteiger partial charge in [0, 0.05) is 25.6 Å². The van der Waals surface area contributed by atoms with Gasteiger partial charge in [-0.2, -0.15) is 13.2 Å². The maximum absolute atomic E-state index is 13.1. The van der Waals surface area contributed by atoms with Gasteiger partial charge in [-0.1, -0.05) is 25.0 Å². The van der Waals surface area contributed by atoms with Gasteiger partial charge in [-0.3, -0.25) is 4.79 Å². The molecule has 1 amide bonds. The Hall–Kier alpha value is -2.64. The topological polar surface area (TPSA) is 58.1 Å². The van der Waals surface area contributed by atoms with Crippen molar-refractivity contribution in [2.45, 2.75) is 31.9 Å². The van der Waals surface area contributed by atoms with E-state index in [1.165, 1.54) is 12.4 Å². The summed E-state index contributed by atoms with van der Waals surface area (Å²) in [6.45, 7) is 0. The van der Waals surface area contributed by atoms with Gasteiger partial charge in [0.2, 0.25) is 5.91 Å². The number of benzene rings is 1. The molecule has 27 heavy (non-hydrogen) atoms. The molecule has 0 bridgehead atoms. The first-order chi connectivity index (χ1) is 12.8. The van der Waals surface area contributed by atoms with E-state index in [4.69, 9.17) is 0 Å². The molecule has 8 heteroatoms. The van der Waals surface area contributed by atoms with Crippen LogP contribution in [-0.4, -0.2) is 30.0 Å². The van der Waals surface area contributed by atoms with Gasteiger partial charge in [-0.05, 0) is 25.0 Å². The van der Waals surface area contributed by atoms with Crippen molar-refractivity contribution >= 4 is 17.4 Å². The fourth-order valence-corrected chi connectivity index (χ4v) is 3.31. The number of nitrogens with zero attached hydrogens (tertiary/aromatic N) is 3. The van der Waals surface area contributed by atoms with Crippen LogP contribution in [0.2, 0.25) is 0 Å². The second-order valence-electron chi connectivity index (χ2n) is 6.86. The Kier molecular flexibility index (Phi) is 5.34. The van der Waals surface area contributed by atoms with Crippen LogP contribution in [0.15, 0.2) is 30.6 Å². The maximum atomic E-state index is 13.1. The summed E-state index contributed by atoms with van der Waals surface area (Å²) in [6.07, 6.45) is 0.469. The van der Waals surface area contributed by atoms with E-state index < -0.39 is 11.7 Å². The van der Waals surface area contributed by atoms with Gasteiger partial charge in [0.1, 0.15) is 12.0 Å². The molecule has 0 atom stereocenters. The molecule has 144 valence electrons. The van der Waals surface area contributed by atoms with Crippen LogP contribution in [0.3, 0.4) is 0 Å². The minimum atomic E-state index is -4.46. The lowest BCUT2D eigenvalue weighted by Gasteiger charge is -2.20. The van der Waals surface area contributed by atoms with E-state index in [-0.39, 0.29) is 23.1 Å². The second-order valence-corrected chi connectivity index (χ2v) is 6.86. The van der Waals surface area contributed by atoms with E-state index >= 15 is 0 Å². The van der Waals surface area contributed by atoms with Gasteiger partial charge < -0.3 is 10.2 Å². The first kappa shape index (κ1) is 19.1. The zero-order valence-corrected chi connectivity index (χ0v) is 15.2. The van der Waals surface area contributed by atoms with Crippen LogP contribution in [0.4, 0.5) is 24.7 Å². The summed E-state index contributed by atoms with van der Waals surface area (Å²) in [7, 11) is 3.51. The molecular weight excluding hydrogens is 357 g/mol. The van der Waals surface area contributed by atoms with E-state index in [1.54, 1.807) is 25.1 Å². The number of nitrogens with one attached hydrogen (secondary N) is 1. The summed E-state index contributed by atoms with van der Waals surface area (Å²) in [6, 6.07) is 4.92. The van der Waals surface area contributed by atoms with E-state index in [1.807, 2.05) is 0 Å². The zero-order valence-electron chi connectivity index (χ0n) is 15.2. The Balaban J connectivity index is 2.05. The van der Waals surface area contributed by atoms with Crippen molar-refractivity contribution in [2.24, 2.45) is 5.92 Å². The van der Waals surface area contributed by atoms with E-state index in [0.29, 0.717) is 11.5 Å². The molecule has 3 rings (SSSR count). The Morgan fingerprint density at radius 3 is 2.52 bits per heavy atom. The maximum Gasteiger partial charge on any atom is 0.416 e. The number of rotatable bonds is 4. The van der Waals surface area contributed by atoms with Crippen molar-refractivity contribution in [3.63, 3.8) is 0 Å². The Labute approximate surface area is 155 Å². The summed E-state index contributed by atoms with van der Waals surface area (Å²) in [5, 5.41) is 2.87. The van der Waals surface area contributed by atoms with E-state index in [2.05, 4.69) is 15.3 Å². The molecule has 1 fully saturated rings. The second kappa shape index (κ2) is 7.54. The molecule has 1 N–H and O–H groups in total. The molecule has 5 nitrogen and oxygen atoms in total. The van der Waals surface area contributed by atoms with Crippen LogP contribution in [0, 0.1) is 5.92 Å². The Bertz CT molecular complexity index is 830. The molecule has 1 heterocycles. The lowest BCUT2D eigenvalue weighted by molar-refractivity contribution is -0.137. The summed E-state index contributed by atoms with van der Waals surface area (Å²) in [4.78, 5) is 22.7. The number of amides is 1. The SMILES string of the molecule is CN(C)c1ncnc(-c2cccc(C(F)(F)F)c2)c1NC(=O)C1CCCC1. The smallest absolute Gasteiger partial charge is 0.361 e. The summed E-state index contributed by atoms with van der Waals surface area (Å²) < 4.78 is 39.3. The molecule has 1 saturated carbocycles. The predicted molar refractivity (Wildman–Crippen MR) is 97.4 cm³/mol. The highest BCUT2D eigenvalue weighted by Crippen LogP contribution is 2.37. The fourth-order valence-electron chi connectivity index (χ4n) is 3.31. The summed E-state index contributed by atoms with van der Waals surface area (Å²) in [5.41, 5.74) is 0.111. The summed E-state index contributed by atoms with van der Waals surface area (Å²) in [5.74, 6) is 0.219. The van der Waals surface area contributed by atoms with Crippen molar-refractivity contribution in [1.29, 1.82) is 0 Å². The fraction of sp³-hybridized carbons (Fsp3) is 0.421. The molecule has 0 saturated heterocycles. The minimum Gasteiger partial charge on any atom is -0.361 e.